The molecule has 0 aliphatic carbocycles. The number of benzene rings is 1. The van der Waals surface area contributed by atoms with E-state index in [4.69, 9.17) is 9.84 Å². The van der Waals surface area contributed by atoms with Crippen LogP contribution in [0.25, 0.3) is 0 Å². The van der Waals surface area contributed by atoms with Gasteiger partial charge in [-0.1, -0.05) is 18.8 Å². The number of ether oxygens (including phenoxy) is 1. The van der Waals surface area contributed by atoms with Crippen molar-refractivity contribution in [2.24, 2.45) is 5.92 Å². The first-order valence-electron chi connectivity index (χ1n) is 7.06. The molecule has 1 aromatic carbocycles. The number of carbonyl (C=O) groups is 1. The van der Waals surface area contributed by atoms with Gasteiger partial charge in [0.15, 0.2) is 0 Å². The highest BCUT2D eigenvalue weighted by atomic mass is 16.5. The van der Waals surface area contributed by atoms with Crippen LogP contribution in [0.4, 0.5) is 0 Å². The molecule has 0 bridgehead atoms. The third kappa shape index (κ3) is 5.99. The van der Waals surface area contributed by atoms with Crippen LogP contribution in [0.2, 0.25) is 0 Å². The fourth-order valence-corrected chi connectivity index (χ4v) is 1.87. The van der Waals surface area contributed by atoms with Gasteiger partial charge in [0.1, 0.15) is 0 Å². The van der Waals surface area contributed by atoms with Crippen molar-refractivity contribution in [3.63, 3.8) is 0 Å². The van der Waals surface area contributed by atoms with E-state index in [0.717, 1.165) is 11.1 Å². The number of hydrogen-bond donors (Lipinski definition) is 2. The zero-order valence-electron chi connectivity index (χ0n) is 12.9. The second kappa shape index (κ2) is 9.17. The molecule has 0 aliphatic rings. The standard InChI is InChI=1S/C17H23NO3/c1-13(12-21-3)11-18-17(20)16-8-7-15(14(2)10-16)6-4-5-9-19/h7-8,10,13,19H,5,9,11-12H2,1-3H3,(H,18,20). The van der Waals surface area contributed by atoms with Gasteiger partial charge in [-0.25, -0.2) is 0 Å². The second-order valence-electron chi connectivity index (χ2n) is 5.08. The van der Waals surface area contributed by atoms with Gasteiger partial charge in [-0.2, -0.15) is 0 Å². The molecule has 0 radical (unpaired) electrons. The number of hydrogen-bond acceptors (Lipinski definition) is 3. The molecule has 4 nitrogen and oxygen atoms in total. The summed E-state index contributed by atoms with van der Waals surface area (Å²) in [6.45, 7) is 5.22. The highest BCUT2D eigenvalue weighted by Gasteiger charge is 2.09. The van der Waals surface area contributed by atoms with Gasteiger partial charge < -0.3 is 15.2 Å². The Balaban J connectivity index is 2.66. The van der Waals surface area contributed by atoms with Crippen LogP contribution < -0.4 is 5.32 Å². The van der Waals surface area contributed by atoms with Gasteiger partial charge in [-0.05, 0) is 36.6 Å². The molecule has 0 aliphatic heterocycles. The number of amides is 1. The van der Waals surface area contributed by atoms with Crippen LogP contribution in [0.3, 0.4) is 0 Å². The smallest absolute Gasteiger partial charge is 0.251 e. The van der Waals surface area contributed by atoms with Gasteiger partial charge in [-0.3, -0.25) is 4.79 Å². The van der Waals surface area contributed by atoms with Gasteiger partial charge >= 0.3 is 0 Å². The molecule has 0 aromatic heterocycles. The molecule has 1 rings (SSSR count). The van der Waals surface area contributed by atoms with E-state index in [1.165, 1.54) is 0 Å². The first-order valence-corrected chi connectivity index (χ1v) is 7.06. The van der Waals surface area contributed by atoms with Crippen molar-refractivity contribution in [3.05, 3.63) is 34.9 Å². The van der Waals surface area contributed by atoms with Crippen LogP contribution >= 0.6 is 0 Å². The lowest BCUT2D eigenvalue weighted by atomic mass is 10.0. The number of methoxy groups -OCH3 is 1. The maximum Gasteiger partial charge on any atom is 0.251 e. The van der Waals surface area contributed by atoms with E-state index >= 15 is 0 Å². The van der Waals surface area contributed by atoms with E-state index in [1.54, 1.807) is 13.2 Å². The van der Waals surface area contributed by atoms with Crippen LogP contribution in [-0.2, 0) is 4.74 Å². The maximum absolute atomic E-state index is 12.1. The van der Waals surface area contributed by atoms with Crippen molar-refractivity contribution in [2.75, 3.05) is 26.9 Å². The monoisotopic (exact) mass is 289 g/mol. The van der Waals surface area contributed by atoms with Crippen molar-refractivity contribution in [1.82, 2.24) is 5.32 Å². The molecular formula is C17H23NO3. The first kappa shape index (κ1) is 17.2. The largest absolute Gasteiger partial charge is 0.395 e. The summed E-state index contributed by atoms with van der Waals surface area (Å²) in [6.07, 6.45) is 0.457. The normalized spacial score (nSPS) is 11.4. The molecule has 21 heavy (non-hydrogen) atoms. The third-order valence-electron chi connectivity index (χ3n) is 3.01. The van der Waals surface area contributed by atoms with Gasteiger partial charge in [0.2, 0.25) is 0 Å². The average molecular weight is 289 g/mol. The fraction of sp³-hybridized carbons (Fsp3) is 0.471. The number of rotatable bonds is 6. The Morgan fingerprint density at radius 3 is 2.86 bits per heavy atom. The molecule has 0 heterocycles. The fourth-order valence-electron chi connectivity index (χ4n) is 1.87. The van der Waals surface area contributed by atoms with Gasteiger partial charge in [0, 0.05) is 31.2 Å². The number of carbonyl (C=O) groups excluding carboxylic acids is 1. The molecule has 1 atom stereocenters. The number of aryl methyl sites for hydroxylation is 1. The van der Waals surface area contributed by atoms with E-state index in [-0.39, 0.29) is 18.4 Å². The maximum atomic E-state index is 12.1. The molecule has 114 valence electrons. The number of aliphatic hydroxyl groups is 1. The van der Waals surface area contributed by atoms with E-state index in [9.17, 15) is 4.79 Å². The Kier molecular flexibility index (Phi) is 7.52. The zero-order chi connectivity index (χ0) is 15.7. The van der Waals surface area contributed by atoms with E-state index in [1.807, 2.05) is 26.0 Å². The molecule has 0 saturated heterocycles. The van der Waals surface area contributed by atoms with Crippen molar-refractivity contribution >= 4 is 5.91 Å². The van der Waals surface area contributed by atoms with Crippen LogP contribution in [0.1, 0.15) is 34.8 Å². The average Bonchev–Trinajstić information content (AvgIpc) is 2.47. The summed E-state index contributed by atoms with van der Waals surface area (Å²) < 4.78 is 5.04. The Morgan fingerprint density at radius 1 is 1.48 bits per heavy atom. The quantitative estimate of drug-likeness (QED) is 0.784. The van der Waals surface area contributed by atoms with Crippen molar-refractivity contribution in [3.8, 4) is 11.8 Å². The minimum absolute atomic E-state index is 0.0617. The molecule has 4 heteroatoms. The molecule has 0 fully saturated rings. The predicted octanol–water partition coefficient (Wildman–Crippen LogP) is 1.74. The number of aliphatic hydroxyl groups excluding tert-OH is 1. The Bertz CT molecular complexity index is 529. The molecule has 0 saturated carbocycles. The Morgan fingerprint density at radius 2 is 2.24 bits per heavy atom. The van der Waals surface area contributed by atoms with Crippen molar-refractivity contribution in [2.45, 2.75) is 20.3 Å². The molecule has 1 unspecified atom stereocenters. The summed E-state index contributed by atoms with van der Waals surface area (Å²) in [7, 11) is 1.65. The lowest BCUT2D eigenvalue weighted by Gasteiger charge is -2.12. The number of nitrogens with one attached hydrogen (secondary N) is 1. The first-order chi connectivity index (χ1) is 10.1. The summed E-state index contributed by atoms with van der Waals surface area (Å²) in [5, 5.41) is 11.6. The van der Waals surface area contributed by atoms with Gasteiger partial charge in [0.05, 0.1) is 13.2 Å². The van der Waals surface area contributed by atoms with Crippen LogP contribution in [0.5, 0.6) is 0 Å². The SMILES string of the molecule is COCC(C)CNC(=O)c1ccc(C#CCCO)c(C)c1. The van der Waals surface area contributed by atoms with E-state index < -0.39 is 0 Å². The van der Waals surface area contributed by atoms with Gasteiger partial charge in [-0.15, -0.1) is 0 Å². The molecular weight excluding hydrogens is 266 g/mol. The Hall–Kier alpha value is -1.83. The summed E-state index contributed by atoms with van der Waals surface area (Å²) in [5.41, 5.74) is 2.47. The summed E-state index contributed by atoms with van der Waals surface area (Å²) >= 11 is 0. The van der Waals surface area contributed by atoms with Crippen LogP contribution in [-0.4, -0.2) is 37.9 Å². The zero-order valence-corrected chi connectivity index (χ0v) is 12.9. The summed E-state index contributed by atoms with van der Waals surface area (Å²) in [4.78, 5) is 12.1. The lowest BCUT2D eigenvalue weighted by Crippen LogP contribution is -2.29. The molecule has 1 aromatic rings. The van der Waals surface area contributed by atoms with Crippen molar-refractivity contribution in [1.29, 1.82) is 0 Å². The lowest BCUT2D eigenvalue weighted by molar-refractivity contribution is 0.0934. The predicted molar refractivity (Wildman–Crippen MR) is 83.1 cm³/mol. The third-order valence-corrected chi connectivity index (χ3v) is 3.01. The van der Waals surface area contributed by atoms with E-state index in [2.05, 4.69) is 17.2 Å². The molecule has 2 N–H and O–H groups in total. The minimum atomic E-state index is -0.0871. The molecule has 1 amide bonds. The minimum Gasteiger partial charge on any atom is -0.395 e. The Labute approximate surface area is 126 Å². The topological polar surface area (TPSA) is 58.6 Å². The highest BCUT2D eigenvalue weighted by molar-refractivity contribution is 5.94. The molecule has 0 spiro atoms. The van der Waals surface area contributed by atoms with E-state index in [0.29, 0.717) is 25.1 Å². The van der Waals surface area contributed by atoms with Crippen LogP contribution in [0.15, 0.2) is 18.2 Å². The van der Waals surface area contributed by atoms with Gasteiger partial charge in [0.25, 0.3) is 5.91 Å². The van der Waals surface area contributed by atoms with Crippen molar-refractivity contribution < 1.29 is 14.6 Å². The summed E-state index contributed by atoms with van der Waals surface area (Å²) in [5.74, 6) is 6.06. The highest BCUT2D eigenvalue weighted by Crippen LogP contribution is 2.10. The second-order valence-corrected chi connectivity index (χ2v) is 5.08. The summed E-state index contributed by atoms with van der Waals surface area (Å²) in [6, 6.07) is 5.44. The van der Waals surface area contributed by atoms with Crippen LogP contribution in [0, 0.1) is 24.7 Å².